The van der Waals surface area contributed by atoms with Crippen LogP contribution in [0.4, 0.5) is 18.9 Å². The molecule has 0 aromatic heterocycles. The lowest BCUT2D eigenvalue weighted by Crippen LogP contribution is -2.17. The zero-order valence-electron chi connectivity index (χ0n) is 10.5. The second kappa shape index (κ2) is 6.02. The van der Waals surface area contributed by atoms with Crippen LogP contribution in [-0.2, 0) is 0 Å². The standard InChI is InChI=1S/C13H6Cl2F3NO3/c14-8-2-3-10(15)9(6-8)7-1-4-12(22-13(16,17)18)11(5-7)19(20)21/h1-6H. The third-order valence-corrected chi connectivity index (χ3v) is 3.19. The van der Waals surface area contributed by atoms with Gasteiger partial charge in [-0.3, -0.25) is 10.1 Å². The van der Waals surface area contributed by atoms with Gasteiger partial charge in [0.2, 0.25) is 5.75 Å². The Balaban J connectivity index is 2.54. The summed E-state index contributed by atoms with van der Waals surface area (Å²) in [6.45, 7) is 0. The zero-order chi connectivity index (χ0) is 16.5. The molecular weight excluding hydrogens is 346 g/mol. The van der Waals surface area contributed by atoms with E-state index < -0.39 is 22.7 Å². The summed E-state index contributed by atoms with van der Waals surface area (Å²) in [6.07, 6.45) is -5.03. The van der Waals surface area contributed by atoms with E-state index in [0.717, 1.165) is 12.1 Å². The summed E-state index contributed by atoms with van der Waals surface area (Å²) in [5.41, 5.74) is -0.226. The van der Waals surface area contributed by atoms with Crippen molar-refractivity contribution in [2.75, 3.05) is 0 Å². The summed E-state index contributed by atoms with van der Waals surface area (Å²) >= 11 is 11.8. The molecule has 22 heavy (non-hydrogen) atoms. The summed E-state index contributed by atoms with van der Waals surface area (Å²) in [4.78, 5) is 9.97. The molecule has 2 aromatic rings. The van der Waals surface area contributed by atoms with Crippen LogP contribution in [0.3, 0.4) is 0 Å². The molecule has 0 unspecified atom stereocenters. The van der Waals surface area contributed by atoms with Crippen LogP contribution in [0, 0.1) is 10.1 Å². The average Bonchev–Trinajstić information content (AvgIpc) is 2.40. The minimum atomic E-state index is -5.03. The van der Waals surface area contributed by atoms with Gasteiger partial charge in [0.25, 0.3) is 0 Å². The molecule has 0 saturated carbocycles. The van der Waals surface area contributed by atoms with Crippen molar-refractivity contribution in [2.45, 2.75) is 6.36 Å². The Bertz CT molecular complexity index is 735. The minimum Gasteiger partial charge on any atom is -0.398 e. The van der Waals surface area contributed by atoms with E-state index in [1.165, 1.54) is 24.3 Å². The SMILES string of the molecule is O=[N+]([O-])c1cc(-c2cc(Cl)ccc2Cl)ccc1OC(F)(F)F. The van der Waals surface area contributed by atoms with E-state index in [1.54, 1.807) is 0 Å². The highest BCUT2D eigenvalue weighted by Gasteiger charge is 2.34. The van der Waals surface area contributed by atoms with Crippen LogP contribution >= 0.6 is 23.2 Å². The monoisotopic (exact) mass is 351 g/mol. The number of nitrogens with zero attached hydrogens (tertiary/aromatic N) is 1. The topological polar surface area (TPSA) is 52.4 Å². The van der Waals surface area contributed by atoms with E-state index in [2.05, 4.69) is 4.74 Å². The van der Waals surface area contributed by atoms with Gasteiger partial charge in [0, 0.05) is 21.7 Å². The van der Waals surface area contributed by atoms with Crippen LogP contribution in [0.2, 0.25) is 10.0 Å². The lowest BCUT2D eigenvalue weighted by atomic mass is 10.0. The average molecular weight is 352 g/mol. The number of rotatable bonds is 3. The maximum absolute atomic E-state index is 12.2. The molecule has 0 radical (unpaired) electrons. The van der Waals surface area contributed by atoms with Crippen molar-refractivity contribution < 1.29 is 22.8 Å². The molecule has 0 N–H and O–H groups in total. The molecule has 0 aliphatic heterocycles. The van der Waals surface area contributed by atoms with Crippen LogP contribution in [0.5, 0.6) is 5.75 Å². The van der Waals surface area contributed by atoms with Crippen molar-refractivity contribution in [1.29, 1.82) is 0 Å². The molecule has 0 heterocycles. The second-order valence-electron chi connectivity index (χ2n) is 4.11. The normalized spacial score (nSPS) is 11.3. The number of nitro benzene ring substituents is 1. The Hall–Kier alpha value is -1.99. The fourth-order valence-electron chi connectivity index (χ4n) is 1.76. The molecular formula is C13H6Cl2F3NO3. The van der Waals surface area contributed by atoms with Gasteiger partial charge in [-0.1, -0.05) is 29.3 Å². The number of ether oxygens (including phenoxy) is 1. The fourth-order valence-corrected chi connectivity index (χ4v) is 2.16. The van der Waals surface area contributed by atoms with E-state index in [4.69, 9.17) is 23.2 Å². The van der Waals surface area contributed by atoms with Crippen molar-refractivity contribution in [1.82, 2.24) is 0 Å². The lowest BCUT2D eigenvalue weighted by molar-refractivity contribution is -0.388. The molecule has 0 bridgehead atoms. The van der Waals surface area contributed by atoms with Gasteiger partial charge in [-0.15, -0.1) is 13.2 Å². The van der Waals surface area contributed by atoms with E-state index in [9.17, 15) is 23.3 Å². The number of benzene rings is 2. The predicted molar refractivity (Wildman–Crippen MR) is 75.2 cm³/mol. The largest absolute Gasteiger partial charge is 0.573 e. The number of halogens is 5. The van der Waals surface area contributed by atoms with Crippen LogP contribution in [-0.4, -0.2) is 11.3 Å². The number of hydrogen-bond donors (Lipinski definition) is 0. The van der Waals surface area contributed by atoms with Gasteiger partial charge in [0.1, 0.15) is 0 Å². The molecule has 9 heteroatoms. The van der Waals surface area contributed by atoms with Gasteiger partial charge < -0.3 is 4.74 Å². The van der Waals surface area contributed by atoms with Crippen LogP contribution < -0.4 is 4.74 Å². The van der Waals surface area contributed by atoms with Crippen molar-refractivity contribution in [3.05, 3.63) is 56.6 Å². The Labute approximate surface area is 132 Å². The Kier molecular flexibility index (Phi) is 4.48. The Morgan fingerprint density at radius 1 is 1.09 bits per heavy atom. The maximum atomic E-state index is 12.2. The molecule has 0 saturated heterocycles. The zero-order valence-corrected chi connectivity index (χ0v) is 12.0. The highest BCUT2D eigenvalue weighted by atomic mass is 35.5. The summed E-state index contributed by atoms with van der Waals surface area (Å²) < 4.78 is 40.4. The first-order valence-electron chi connectivity index (χ1n) is 5.67. The lowest BCUT2D eigenvalue weighted by Gasteiger charge is -2.11. The number of nitro groups is 1. The molecule has 0 spiro atoms. The quantitative estimate of drug-likeness (QED) is 0.544. The highest BCUT2D eigenvalue weighted by molar-refractivity contribution is 6.35. The van der Waals surface area contributed by atoms with E-state index >= 15 is 0 Å². The second-order valence-corrected chi connectivity index (χ2v) is 4.96. The van der Waals surface area contributed by atoms with Crippen LogP contribution in [0.25, 0.3) is 11.1 Å². The maximum Gasteiger partial charge on any atom is 0.573 e. The number of alkyl halides is 3. The van der Waals surface area contributed by atoms with Gasteiger partial charge in [-0.25, -0.2) is 0 Å². The summed E-state index contributed by atoms with van der Waals surface area (Å²) in [7, 11) is 0. The smallest absolute Gasteiger partial charge is 0.398 e. The number of hydrogen-bond acceptors (Lipinski definition) is 3. The van der Waals surface area contributed by atoms with Crippen molar-refractivity contribution >= 4 is 28.9 Å². The van der Waals surface area contributed by atoms with E-state index in [1.807, 2.05) is 0 Å². The fraction of sp³-hybridized carbons (Fsp3) is 0.0769. The molecule has 2 aromatic carbocycles. The predicted octanol–water partition coefficient (Wildman–Crippen LogP) is 5.47. The molecule has 4 nitrogen and oxygen atoms in total. The Morgan fingerprint density at radius 2 is 1.77 bits per heavy atom. The summed E-state index contributed by atoms with van der Waals surface area (Å²) in [5, 5.41) is 11.5. The minimum absolute atomic E-state index is 0.244. The van der Waals surface area contributed by atoms with Crippen molar-refractivity contribution in [3.8, 4) is 16.9 Å². The summed E-state index contributed by atoms with van der Waals surface area (Å²) in [5.74, 6) is -0.903. The van der Waals surface area contributed by atoms with Gasteiger partial charge in [-0.05, 0) is 29.8 Å². The van der Waals surface area contributed by atoms with Crippen LogP contribution in [0.15, 0.2) is 36.4 Å². The molecule has 0 aliphatic carbocycles. The van der Waals surface area contributed by atoms with E-state index in [0.29, 0.717) is 10.6 Å². The third-order valence-electron chi connectivity index (χ3n) is 2.62. The van der Waals surface area contributed by atoms with E-state index in [-0.39, 0.29) is 10.6 Å². The third kappa shape index (κ3) is 3.80. The van der Waals surface area contributed by atoms with Gasteiger partial charge >= 0.3 is 12.0 Å². The van der Waals surface area contributed by atoms with Gasteiger partial charge in [0.15, 0.2) is 0 Å². The van der Waals surface area contributed by atoms with Crippen LogP contribution in [0.1, 0.15) is 0 Å². The molecule has 0 fully saturated rings. The van der Waals surface area contributed by atoms with Gasteiger partial charge in [0.05, 0.1) is 4.92 Å². The first kappa shape index (κ1) is 16.4. The first-order valence-corrected chi connectivity index (χ1v) is 6.42. The molecule has 0 amide bonds. The highest BCUT2D eigenvalue weighted by Crippen LogP contribution is 2.38. The molecule has 0 aliphatic rings. The van der Waals surface area contributed by atoms with Crippen molar-refractivity contribution in [3.63, 3.8) is 0 Å². The molecule has 116 valence electrons. The van der Waals surface area contributed by atoms with Crippen molar-refractivity contribution in [2.24, 2.45) is 0 Å². The molecule has 0 atom stereocenters. The summed E-state index contributed by atoms with van der Waals surface area (Å²) in [6, 6.07) is 7.48. The molecule has 2 rings (SSSR count). The first-order chi connectivity index (χ1) is 10.2. The van der Waals surface area contributed by atoms with Gasteiger partial charge in [-0.2, -0.15) is 0 Å². The Morgan fingerprint density at radius 3 is 2.36 bits per heavy atom.